The zero-order chi connectivity index (χ0) is 39.5. The number of aromatic nitrogens is 4. The summed E-state index contributed by atoms with van der Waals surface area (Å²) >= 11 is 0. The lowest BCUT2D eigenvalue weighted by Gasteiger charge is -2.31. The van der Waals surface area contributed by atoms with Crippen molar-refractivity contribution in [1.29, 1.82) is 0 Å². The molecule has 2 fully saturated rings. The van der Waals surface area contributed by atoms with Gasteiger partial charge in [-0.25, -0.2) is 15.0 Å². The second-order valence-electron chi connectivity index (χ2n) is 15.8. The molecular weight excluding hydrogens is 711 g/mol. The predicted molar refractivity (Wildman–Crippen MR) is 225 cm³/mol. The molecule has 4 atom stereocenters. The normalized spacial score (nSPS) is 18.1. The van der Waals surface area contributed by atoms with Crippen LogP contribution in [0, 0.1) is 5.92 Å². The summed E-state index contributed by atoms with van der Waals surface area (Å²) in [6.07, 6.45) is 8.37. The average molecular weight is 762 g/mol. The zero-order valence-electron chi connectivity index (χ0n) is 33.2. The lowest BCUT2D eigenvalue weighted by atomic mass is 10.0. The molecule has 0 saturated carbocycles. The number of anilines is 1. The van der Waals surface area contributed by atoms with Crippen LogP contribution >= 0.6 is 0 Å². The van der Waals surface area contributed by atoms with E-state index in [1.807, 2.05) is 127 Å². The van der Waals surface area contributed by atoms with Crippen LogP contribution in [0.2, 0.25) is 0 Å². The third-order valence-corrected chi connectivity index (χ3v) is 11.5. The Labute approximate surface area is 334 Å². The van der Waals surface area contributed by atoms with E-state index < -0.39 is 0 Å². The number of benzene rings is 4. The number of aromatic amines is 1. The highest BCUT2D eigenvalue weighted by molar-refractivity contribution is 5.90. The molecule has 4 aromatic carbocycles. The third-order valence-electron chi connectivity index (χ3n) is 11.5. The Morgan fingerprint density at radius 1 is 0.719 bits per heavy atom. The first kappa shape index (κ1) is 38.0. The van der Waals surface area contributed by atoms with Crippen LogP contribution in [0.15, 0.2) is 116 Å². The molecule has 2 aromatic heterocycles. The van der Waals surface area contributed by atoms with Crippen molar-refractivity contribution in [3.8, 4) is 22.4 Å². The Balaban J connectivity index is 0.886. The molecule has 0 spiro atoms. The van der Waals surface area contributed by atoms with E-state index in [1.54, 1.807) is 0 Å². The van der Waals surface area contributed by atoms with E-state index in [9.17, 15) is 9.59 Å². The lowest BCUT2D eigenvalue weighted by molar-refractivity contribution is -0.137. The molecule has 57 heavy (non-hydrogen) atoms. The Morgan fingerprint density at radius 2 is 1.33 bits per heavy atom. The number of H-pyrrole nitrogens is 1. The van der Waals surface area contributed by atoms with Gasteiger partial charge in [0, 0.05) is 49.7 Å². The van der Waals surface area contributed by atoms with Gasteiger partial charge in [0.05, 0.1) is 17.9 Å². The first-order valence-electron chi connectivity index (χ1n) is 19.9. The number of likely N-dealkylation sites (N-methyl/N-ethyl adjacent to an activating group) is 2. The van der Waals surface area contributed by atoms with E-state index in [0.717, 1.165) is 82.5 Å². The maximum atomic E-state index is 13.9. The van der Waals surface area contributed by atoms with Gasteiger partial charge < -0.3 is 20.1 Å². The fourth-order valence-corrected chi connectivity index (χ4v) is 8.49. The van der Waals surface area contributed by atoms with Gasteiger partial charge in [-0.3, -0.25) is 19.4 Å². The number of rotatable bonds is 12. The molecular formula is C46H51N9O2. The minimum atomic E-state index is -0.344. The van der Waals surface area contributed by atoms with Gasteiger partial charge >= 0.3 is 0 Å². The fraction of sp³-hybridized carbons (Fsp3) is 0.326. The van der Waals surface area contributed by atoms with Crippen LogP contribution in [0.5, 0.6) is 0 Å². The summed E-state index contributed by atoms with van der Waals surface area (Å²) in [4.78, 5) is 53.0. The third kappa shape index (κ3) is 8.17. The first-order valence-corrected chi connectivity index (χ1v) is 19.9. The predicted octanol–water partition coefficient (Wildman–Crippen LogP) is 7.22. The van der Waals surface area contributed by atoms with Crippen LogP contribution in [-0.2, 0) is 9.59 Å². The molecule has 2 saturated heterocycles. The van der Waals surface area contributed by atoms with Crippen molar-refractivity contribution in [1.82, 2.24) is 39.5 Å². The monoisotopic (exact) mass is 761 g/mol. The summed E-state index contributed by atoms with van der Waals surface area (Å²) in [5.41, 5.74) is 5.97. The number of imidazole rings is 1. The molecule has 2 aliphatic rings. The van der Waals surface area contributed by atoms with E-state index in [4.69, 9.17) is 4.98 Å². The molecule has 11 nitrogen and oxygen atoms in total. The highest BCUT2D eigenvalue weighted by Gasteiger charge is 2.37. The summed E-state index contributed by atoms with van der Waals surface area (Å²) in [7, 11) is 7.84. The van der Waals surface area contributed by atoms with Gasteiger partial charge in [-0.15, -0.1) is 0 Å². The topological polar surface area (TPSA) is 114 Å². The summed E-state index contributed by atoms with van der Waals surface area (Å²) < 4.78 is 0. The van der Waals surface area contributed by atoms with E-state index in [1.165, 1.54) is 0 Å². The Hall–Kier alpha value is -5.91. The van der Waals surface area contributed by atoms with Gasteiger partial charge in [-0.05, 0) is 93.0 Å². The Morgan fingerprint density at radius 3 is 1.98 bits per heavy atom. The maximum Gasteiger partial charge on any atom is 0.245 e. The largest absolute Gasteiger partial charge is 0.354 e. The number of carbonyl (C=O) groups is 2. The van der Waals surface area contributed by atoms with E-state index in [2.05, 4.69) is 56.7 Å². The average Bonchev–Trinajstić information content (AvgIpc) is 4.03. The maximum absolute atomic E-state index is 13.9. The van der Waals surface area contributed by atoms with E-state index >= 15 is 0 Å². The summed E-state index contributed by atoms with van der Waals surface area (Å²) in [6.45, 7) is 2.90. The number of nitrogens with one attached hydrogen (secondary N) is 2. The van der Waals surface area contributed by atoms with Crippen LogP contribution in [0.1, 0.15) is 54.3 Å². The number of hydrogen-bond acceptors (Lipinski definition) is 8. The highest BCUT2D eigenvalue weighted by atomic mass is 16.2. The summed E-state index contributed by atoms with van der Waals surface area (Å²) in [6, 6.07) is 32.1. The van der Waals surface area contributed by atoms with Gasteiger partial charge in [-0.1, -0.05) is 84.9 Å². The number of carbonyl (C=O) groups excluding carboxylic acids is 2. The quantitative estimate of drug-likeness (QED) is 0.135. The molecule has 11 heteroatoms. The van der Waals surface area contributed by atoms with Gasteiger partial charge in [0.2, 0.25) is 17.8 Å². The fourth-order valence-electron chi connectivity index (χ4n) is 8.49. The van der Waals surface area contributed by atoms with Gasteiger partial charge in [-0.2, -0.15) is 0 Å². The molecule has 0 unspecified atom stereocenters. The van der Waals surface area contributed by atoms with Crippen molar-refractivity contribution in [2.75, 3.05) is 59.7 Å². The van der Waals surface area contributed by atoms with Crippen LogP contribution < -0.4 is 5.32 Å². The van der Waals surface area contributed by atoms with Crippen LogP contribution in [0.3, 0.4) is 0 Å². The Kier molecular flexibility index (Phi) is 11.1. The van der Waals surface area contributed by atoms with Crippen molar-refractivity contribution in [3.05, 3.63) is 133 Å². The highest BCUT2D eigenvalue weighted by Crippen LogP contribution is 2.36. The Bertz CT molecular complexity index is 2310. The van der Waals surface area contributed by atoms with Crippen molar-refractivity contribution in [2.45, 2.75) is 37.4 Å². The molecule has 2 amide bonds. The molecule has 6 aromatic rings. The minimum absolute atomic E-state index is 0.0886. The standard InChI is InChI=1S/C46H51N9O2/c1-52(2)41(32-12-7-5-8-13-32)44(56)54-23-21-31(30-54)26-48-46-49-27-38(28-50-46)36-18-17-35-25-37(20-19-34(35)24-36)39-29-47-43(51-39)40-16-11-22-55(40)45(57)42(53(3)4)33-14-9-6-10-15-33/h5-10,12-15,17-20,24-25,27-29,31,40-42H,11,16,21-23,26,30H2,1-4H3,(H,47,51)(H,48,49,50)/t31-,40+,41+,42-/m1/s1. The van der Waals surface area contributed by atoms with E-state index in [-0.39, 0.29) is 29.9 Å². The summed E-state index contributed by atoms with van der Waals surface area (Å²) in [5.74, 6) is 1.99. The number of hydrogen-bond donors (Lipinski definition) is 2. The second kappa shape index (κ2) is 16.7. The van der Waals surface area contributed by atoms with Crippen molar-refractivity contribution in [2.24, 2.45) is 5.92 Å². The number of likely N-dealkylation sites (tertiary alicyclic amines) is 2. The van der Waals surface area contributed by atoms with Crippen molar-refractivity contribution >= 4 is 28.5 Å². The first-order chi connectivity index (χ1) is 27.7. The summed E-state index contributed by atoms with van der Waals surface area (Å²) in [5, 5.41) is 5.64. The molecule has 0 bridgehead atoms. The molecule has 8 rings (SSSR count). The van der Waals surface area contributed by atoms with Crippen molar-refractivity contribution in [3.63, 3.8) is 0 Å². The van der Waals surface area contributed by atoms with E-state index in [0.29, 0.717) is 25.0 Å². The number of amides is 2. The van der Waals surface area contributed by atoms with Crippen molar-refractivity contribution < 1.29 is 9.59 Å². The van der Waals surface area contributed by atoms with Crippen LogP contribution in [0.4, 0.5) is 5.95 Å². The molecule has 2 N–H and O–H groups in total. The van der Waals surface area contributed by atoms with Crippen LogP contribution in [-0.4, -0.2) is 106 Å². The van der Waals surface area contributed by atoms with Gasteiger partial charge in [0.25, 0.3) is 0 Å². The molecule has 292 valence electrons. The zero-order valence-corrected chi connectivity index (χ0v) is 33.2. The molecule has 4 heterocycles. The SMILES string of the molecule is CN(C)[C@H](C(=O)N1CC[C@H](CNc2ncc(-c3ccc4cc(-c5cnc([C@@H]6CCCN6C(=O)[C@@H](c6ccccc6)N(C)C)[nH]5)ccc4c3)cn2)C1)c1ccccc1. The molecule has 2 aliphatic heterocycles. The minimum Gasteiger partial charge on any atom is -0.354 e. The van der Waals surface area contributed by atoms with Crippen LogP contribution in [0.25, 0.3) is 33.2 Å². The smallest absolute Gasteiger partial charge is 0.245 e. The second-order valence-corrected chi connectivity index (χ2v) is 15.8. The number of nitrogens with zero attached hydrogens (tertiary/aromatic N) is 7. The van der Waals surface area contributed by atoms with Gasteiger partial charge in [0.15, 0.2) is 0 Å². The van der Waals surface area contributed by atoms with Gasteiger partial charge in [0.1, 0.15) is 17.9 Å². The number of fused-ring (bicyclic) bond motifs is 1. The molecule has 0 aliphatic carbocycles. The lowest BCUT2D eigenvalue weighted by Crippen LogP contribution is -2.40. The molecule has 0 radical (unpaired) electrons.